The van der Waals surface area contributed by atoms with Crippen LogP contribution in [0.4, 0.5) is 0 Å². The SMILES string of the molecule is c1ccc2c(c1)Oc1ccccc1C2=C1CC2CCC(C1)N2. The average molecular weight is 289 g/mol. The molecule has 3 aliphatic rings. The molecule has 22 heavy (non-hydrogen) atoms. The third-order valence-electron chi connectivity index (χ3n) is 5.21. The molecule has 0 radical (unpaired) electrons. The van der Waals surface area contributed by atoms with E-state index in [2.05, 4.69) is 53.8 Å². The Morgan fingerprint density at radius 3 is 1.91 bits per heavy atom. The highest BCUT2D eigenvalue weighted by molar-refractivity contribution is 5.89. The Kier molecular flexibility index (Phi) is 2.68. The Balaban J connectivity index is 1.74. The van der Waals surface area contributed by atoms with E-state index in [1.165, 1.54) is 42.4 Å². The van der Waals surface area contributed by atoms with Crippen LogP contribution in [0.2, 0.25) is 0 Å². The number of para-hydroxylation sites is 2. The van der Waals surface area contributed by atoms with Gasteiger partial charge in [-0.3, -0.25) is 0 Å². The molecule has 0 aromatic heterocycles. The molecular weight excluding hydrogens is 270 g/mol. The summed E-state index contributed by atoms with van der Waals surface area (Å²) in [5, 5.41) is 3.74. The van der Waals surface area contributed by atoms with Gasteiger partial charge in [0.25, 0.3) is 0 Å². The maximum absolute atomic E-state index is 6.12. The van der Waals surface area contributed by atoms with Gasteiger partial charge in [-0.15, -0.1) is 0 Å². The predicted octanol–water partition coefficient (Wildman–Crippen LogP) is 4.51. The van der Waals surface area contributed by atoms with Crippen molar-refractivity contribution in [2.75, 3.05) is 0 Å². The number of benzene rings is 2. The molecular formula is C20H19NO. The van der Waals surface area contributed by atoms with Gasteiger partial charge in [-0.05, 0) is 43.4 Å². The van der Waals surface area contributed by atoms with Crippen molar-refractivity contribution in [3.05, 3.63) is 65.2 Å². The second-order valence-corrected chi connectivity index (χ2v) is 6.62. The fourth-order valence-electron chi connectivity index (χ4n) is 4.28. The van der Waals surface area contributed by atoms with Gasteiger partial charge in [-0.1, -0.05) is 42.0 Å². The van der Waals surface area contributed by atoms with Gasteiger partial charge >= 0.3 is 0 Å². The van der Waals surface area contributed by atoms with Crippen molar-refractivity contribution in [2.45, 2.75) is 37.8 Å². The summed E-state index contributed by atoms with van der Waals surface area (Å²) in [4.78, 5) is 0. The molecule has 110 valence electrons. The summed E-state index contributed by atoms with van der Waals surface area (Å²) >= 11 is 0. The Bertz CT molecular complexity index is 715. The highest BCUT2D eigenvalue weighted by atomic mass is 16.5. The first-order chi connectivity index (χ1) is 10.9. The molecule has 0 spiro atoms. The van der Waals surface area contributed by atoms with Crippen molar-refractivity contribution in [1.82, 2.24) is 5.32 Å². The van der Waals surface area contributed by atoms with E-state index in [1.807, 2.05) is 0 Å². The standard InChI is InChI=1S/C20H19NO/c1-3-7-18-16(5-1)20(17-6-2-4-8-19(17)22-18)13-11-14-9-10-15(12-13)21-14/h1-8,14-15,21H,9-12H2. The number of rotatable bonds is 0. The molecule has 5 rings (SSSR count). The van der Waals surface area contributed by atoms with E-state index >= 15 is 0 Å². The van der Waals surface area contributed by atoms with Crippen LogP contribution in [0.1, 0.15) is 36.8 Å². The molecule has 3 heterocycles. The van der Waals surface area contributed by atoms with Gasteiger partial charge in [0.15, 0.2) is 0 Å². The first-order valence-corrected chi connectivity index (χ1v) is 8.23. The number of hydrogen-bond donors (Lipinski definition) is 1. The lowest BCUT2D eigenvalue weighted by Gasteiger charge is -2.30. The van der Waals surface area contributed by atoms with Crippen LogP contribution in [0.25, 0.3) is 5.57 Å². The summed E-state index contributed by atoms with van der Waals surface area (Å²) in [6, 6.07) is 18.3. The van der Waals surface area contributed by atoms with Crippen molar-refractivity contribution in [3.63, 3.8) is 0 Å². The van der Waals surface area contributed by atoms with E-state index in [1.54, 1.807) is 5.57 Å². The number of fused-ring (bicyclic) bond motifs is 4. The van der Waals surface area contributed by atoms with E-state index in [9.17, 15) is 0 Å². The third-order valence-corrected chi connectivity index (χ3v) is 5.21. The van der Waals surface area contributed by atoms with Crippen LogP contribution < -0.4 is 10.1 Å². The lowest BCUT2D eigenvalue weighted by molar-refractivity contribution is 0.465. The average Bonchev–Trinajstić information content (AvgIpc) is 2.90. The Labute approximate surface area is 130 Å². The third kappa shape index (κ3) is 1.84. The molecule has 0 saturated carbocycles. The van der Waals surface area contributed by atoms with E-state index in [-0.39, 0.29) is 0 Å². The van der Waals surface area contributed by atoms with E-state index in [4.69, 9.17) is 4.74 Å². The number of piperidine rings is 1. The smallest absolute Gasteiger partial charge is 0.135 e. The van der Waals surface area contributed by atoms with Gasteiger partial charge in [0.1, 0.15) is 11.5 Å². The Morgan fingerprint density at radius 1 is 0.773 bits per heavy atom. The van der Waals surface area contributed by atoms with Crippen molar-refractivity contribution in [1.29, 1.82) is 0 Å². The van der Waals surface area contributed by atoms with Crippen LogP contribution in [0, 0.1) is 0 Å². The topological polar surface area (TPSA) is 21.3 Å². The largest absolute Gasteiger partial charge is 0.456 e. The van der Waals surface area contributed by atoms with Gasteiger partial charge in [-0.25, -0.2) is 0 Å². The summed E-state index contributed by atoms with van der Waals surface area (Å²) < 4.78 is 6.12. The molecule has 2 nitrogen and oxygen atoms in total. The van der Waals surface area contributed by atoms with Crippen LogP contribution in [0.3, 0.4) is 0 Å². The molecule has 2 heteroatoms. The van der Waals surface area contributed by atoms with Crippen LogP contribution in [0.15, 0.2) is 54.1 Å². The van der Waals surface area contributed by atoms with Gasteiger partial charge in [0.05, 0.1) is 0 Å². The zero-order valence-electron chi connectivity index (χ0n) is 12.5. The highest BCUT2D eigenvalue weighted by Gasteiger charge is 2.34. The van der Waals surface area contributed by atoms with Crippen molar-refractivity contribution < 1.29 is 4.74 Å². The van der Waals surface area contributed by atoms with Crippen molar-refractivity contribution in [3.8, 4) is 11.5 Å². The van der Waals surface area contributed by atoms with Crippen LogP contribution in [-0.4, -0.2) is 12.1 Å². The fourth-order valence-corrected chi connectivity index (χ4v) is 4.28. The first-order valence-electron chi connectivity index (χ1n) is 8.23. The molecule has 2 aromatic rings. The summed E-state index contributed by atoms with van der Waals surface area (Å²) in [5.41, 5.74) is 5.56. The minimum absolute atomic E-state index is 0.670. The van der Waals surface area contributed by atoms with Gasteiger partial charge in [-0.2, -0.15) is 0 Å². The fraction of sp³-hybridized carbons (Fsp3) is 0.300. The summed E-state index contributed by atoms with van der Waals surface area (Å²) in [6.45, 7) is 0. The molecule has 2 aromatic carbocycles. The van der Waals surface area contributed by atoms with Crippen LogP contribution in [0.5, 0.6) is 11.5 Å². The monoisotopic (exact) mass is 289 g/mol. The molecule has 0 amide bonds. The molecule has 1 N–H and O–H groups in total. The molecule has 0 aliphatic carbocycles. The van der Waals surface area contributed by atoms with E-state index in [0.29, 0.717) is 12.1 Å². The van der Waals surface area contributed by atoms with Crippen LogP contribution >= 0.6 is 0 Å². The van der Waals surface area contributed by atoms with Gasteiger partial charge < -0.3 is 10.1 Å². The zero-order chi connectivity index (χ0) is 14.5. The zero-order valence-corrected chi connectivity index (χ0v) is 12.5. The van der Waals surface area contributed by atoms with Gasteiger partial charge in [0.2, 0.25) is 0 Å². The quantitative estimate of drug-likeness (QED) is 0.657. The Hall–Kier alpha value is -2.06. The first kappa shape index (κ1) is 12.5. The van der Waals surface area contributed by atoms with Crippen molar-refractivity contribution >= 4 is 5.57 Å². The molecule has 2 bridgehead atoms. The van der Waals surface area contributed by atoms with E-state index < -0.39 is 0 Å². The summed E-state index contributed by atoms with van der Waals surface area (Å²) in [5.74, 6) is 1.99. The second kappa shape index (κ2) is 4.72. The molecule has 2 fully saturated rings. The number of ether oxygens (including phenoxy) is 1. The van der Waals surface area contributed by atoms with E-state index in [0.717, 1.165) is 11.5 Å². The van der Waals surface area contributed by atoms with Crippen LogP contribution in [-0.2, 0) is 0 Å². The second-order valence-electron chi connectivity index (χ2n) is 6.62. The molecule has 2 unspecified atom stereocenters. The number of nitrogens with one attached hydrogen (secondary N) is 1. The minimum Gasteiger partial charge on any atom is -0.456 e. The Morgan fingerprint density at radius 2 is 1.32 bits per heavy atom. The number of hydrogen-bond acceptors (Lipinski definition) is 2. The molecule has 2 saturated heterocycles. The lowest BCUT2D eigenvalue weighted by atomic mass is 9.85. The summed E-state index contributed by atoms with van der Waals surface area (Å²) in [6.07, 6.45) is 4.99. The minimum atomic E-state index is 0.670. The maximum atomic E-state index is 6.12. The normalized spacial score (nSPS) is 25.5. The van der Waals surface area contributed by atoms with Gasteiger partial charge in [0, 0.05) is 23.2 Å². The molecule has 2 atom stereocenters. The molecule has 3 aliphatic heterocycles. The van der Waals surface area contributed by atoms with Crippen molar-refractivity contribution in [2.24, 2.45) is 0 Å². The predicted molar refractivity (Wildman–Crippen MR) is 88.2 cm³/mol. The maximum Gasteiger partial charge on any atom is 0.135 e. The summed E-state index contributed by atoms with van der Waals surface area (Å²) in [7, 11) is 0. The lowest BCUT2D eigenvalue weighted by Crippen LogP contribution is -2.35. The highest BCUT2D eigenvalue weighted by Crippen LogP contribution is 2.47.